The molecule has 1 aliphatic heterocycles. The standard InChI is InChI=1S/C45H38N4Si/c1-47-31-48(43-23-12-11-22-42(43)47)34-16-13-17-35(29-34)50(2,3)36-24-25-40-39-20-9-10-21-41(39)49(44(40)30-36)45-28-33(26-27-46-45)38-19-8-7-18-37(38)32-14-5-4-6-15-32/h4-30H,31H2,1-3H3/i1D3. The second kappa shape index (κ2) is 11.9. The van der Waals surface area contributed by atoms with Gasteiger partial charge in [-0.05, 0) is 70.8 Å². The van der Waals surface area contributed by atoms with Crippen molar-refractivity contribution in [3.63, 3.8) is 0 Å². The summed E-state index contributed by atoms with van der Waals surface area (Å²) in [5, 5.41) is 4.97. The van der Waals surface area contributed by atoms with Crippen molar-refractivity contribution in [3.05, 3.63) is 164 Å². The van der Waals surface area contributed by atoms with Gasteiger partial charge in [0.15, 0.2) is 0 Å². The number of aromatic nitrogens is 2. The molecule has 0 amide bonds. The molecule has 9 rings (SSSR count). The Morgan fingerprint density at radius 2 is 1.28 bits per heavy atom. The van der Waals surface area contributed by atoms with E-state index < -0.39 is 15.0 Å². The molecule has 5 heteroatoms. The molecule has 0 bridgehead atoms. The lowest BCUT2D eigenvalue weighted by Gasteiger charge is -2.27. The summed E-state index contributed by atoms with van der Waals surface area (Å²) >= 11 is 0. The van der Waals surface area contributed by atoms with E-state index in [1.54, 1.807) is 0 Å². The highest BCUT2D eigenvalue weighted by molar-refractivity contribution is 7.00. The van der Waals surface area contributed by atoms with Gasteiger partial charge < -0.3 is 9.80 Å². The Morgan fingerprint density at radius 3 is 2.12 bits per heavy atom. The van der Waals surface area contributed by atoms with Gasteiger partial charge in [0.05, 0.1) is 29.1 Å². The maximum atomic E-state index is 8.19. The van der Waals surface area contributed by atoms with E-state index in [1.807, 2.05) is 30.5 Å². The minimum Gasteiger partial charge on any atom is -0.355 e. The van der Waals surface area contributed by atoms with Gasteiger partial charge in [-0.15, -0.1) is 0 Å². The first-order valence-electron chi connectivity index (χ1n) is 18.6. The van der Waals surface area contributed by atoms with E-state index in [4.69, 9.17) is 9.10 Å². The molecule has 8 aromatic rings. The number of hydrogen-bond donors (Lipinski definition) is 0. The number of pyridine rings is 1. The van der Waals surface area contributed by atoms with Crippen LogP contribution in [0.2, 0.25) is 13.1 Å². The summed E-state index contributed by atoms with van der Waals surface area (Å²) in [6, 6.07) is 55.4. The van der Waals surface area contributed by atoms with Gasteiger partial charge >= 0.3 is 0 Å². The van der Waals surface area contributed by atoms with E-state index >= 15 is 0 Å². The maximum Gasteiger partial charge on any atom is 0.138 e. The smallest absolute Gasteiger partial charge is 0.138 e. The van der Waals surface area contributed by atoms with E-state index in [0.29, 0.717) is 0 Å². The maximum absolute atomic E-state index is 8.19. The predicted molar refractivity (Wildman–Crippen MR) is 214 cm³/mol. The van der Waals surface area contributed by atoms with E-state index in [2.05, 4.69) is 156 Å². The quantitative estimate of drug-likeness (QED) is 0.165. The highest BCUT2D eigenvalue weighted by Crippen LogP contribution is 2.40. The van der Waals surface area contributed by atoms with E-state index in [-0.39, 0.29) is 6.67 Å². The molecule has 50 heavy (non-hydrogen) atoms. The van der Waals surface area contributed by atoms with Crippen molar-refractivity contribution < 1.29 is 4.11 Å². The van der Waals surface area contributed by atoms with Crippen LogP contribution in [0.3, 0.4) is 0 Å². The Hall–Kier alpha value is -5.91. The lowest BCUT2D eigenvalue weighted by atomic mass is 9.95. The number of benzene rings is 6. The fourth-order valence-corrected chi connectivity index (χ4v) is 9.94. The summed E-state index contributed by atoms with van der Waals surface area (Å²) < 4.78 is 26.9. The third-order valence-electron chi connectivity index (χ3n) is 10.3. The van der Waals surface area contributed by atoms with Crippen LogP contribution in [0.5, 0.6) is 0 Å². The van der Waals surface area contributed by atoms with Crippen molar-refractivity contribution in [1.29, 1.82) is 0 Å². The first-order valence-corrected chi connectivity index (χ1v) is 20.1. The zero-order valence-corrected chi connectivity index (χ0v) is 29.1. The summed E-state index contributed by atoms with van der Waals surface area (Å²) in [7, 11) is -2.27. The van der Waals surface area contributed by atoms with Gasteiger partial charge in [-0.3, -0.25) is 4.57 Å². The summed E-state index contributed by atoms with van der Waals surface area (Å²) in [5.74, 6) is 0.877. The molecule has 0 atom stereocenters. The zero-order valence-electron chi connectivity index (χ0n) is 31.1. The first kappa shape index (κ1) is 27.0. The van der Waals surface area contributed by atoms with Crippen molar-refractivity contribution in [3.8, 4) is 28.1 Å². The number of anilines is 3. The molecule has 0 fully saturated rings. The molecule has 0 saturated carbocycles. The zero-order chi connectivity index (χ0) is 36.3. The minimum atomic E-state index is -2.27. The largest absolute Gasteiger partial charge is 0.355 e. The van der Waals surface area contributed by atoms with Crippen LogP contribution < -0.4 is 20.2 Å². The van der Waals surface area contributed by atoms with Gasteiger partial charge in [0.1, 0.15) is 13.9 Å². The van der Waals surface area contributed by atoms with Crippen molar-refractivity contribution in [1.82, 2.24) is 9.55 Å². The molecule has 0 aliphatic carbocycles. The van der Waals surface area contributed by atoms with Crippen LogP contribution in [0, 0.1) is 0 Å². The molecule has 2 aromatic heterocycles. The van der Waals surface area contributed by atoms with Crippen LogP contribution in [0.1, 0.15) is 4.11 Å². The minimum absolute atomic E-state index is 0.273. The molecule has 0 radical (unpaired) electrons. The Labute approximate surface area is 298 Å². The molecule has 1 aliphatic rings. The van der Waals surface area contributed by atoms with Crippen molar-refractivity contribution in [2.45, 2.75) is 13.1 Å². The third kappa shape index (κ3) is 4.93. The fourth-order valence-electron chi connectivity index (χ4n) is 7.58. The lowest BCUT2D eigenvalue weighted by molar-refractivity contribution is 0.950. The molecule has 6 aromatic carbocycles. The van der Waals surface area contributed by atoms with E-state index in [1.165, 1.54) is 42.7 Å². The van der Waals surface area contributed by atoms with Gasteiger partial charge in [-0.1, -0.05) is 133 Å². The van der Waals surface area contributed by atoms with Gasteiger partial charge in [0.2, 0.25) is 0 Å². The van der Waals surface area contributed by atoms with Gasteiger partial charge in [0, 0.05) is 33.7 Å². The third-order valence-corrected chi connectivity index (χ3v) is 13.8. The van der Waals surface area contributed by atoms with Crippen molar-refractivity contribution in [2.24, 2.45) is 0 Å². The molecular weight excluding hydrogens is 625 g/mol. The first-order chi connectivity index (χ1) is 25.7. The number of fused-ring (bicyclic) bond motifs is 4. The van der Waals surface area contributed by atoms with E-state index in [0.717, 1.165) is 39.5 Å². The molecule has 3 heterocycles. The van der Waals surface area contributed by atoms with Crippen LogP contribution in [0.15, 0.2) is 164 Å². The normalized spacial score (nSPS) is 14.1. The Kier molecular flexibility index (Phi) is 6.42. The highest BCUT2D eigenvalue weighted by atomic mass is 28.3. The SMILES string of the molecule is [2H]C([2H])([2H])N1CN(c2cccc([Si](C)(C)c3ccc4c5ccccc5n(-c5cc(-c6ccccc6-c6ccccc6)ccn5)c4c3)c2)c2ccccc21. The Balaban J connectivity index is 1.14. The van der Waals surface area contributed by atoms with Crippen molar-refractivity contribution in [2.75, 3.05) is 23.4 Å². The van der Waals surface area contributed by atoms with Gasteiger partial charge in [0.25, 0.3) is 0 Å². The van der Waals surface area contributed by atoms with Crippen LogP contribution >= 0.6 is 0 Å². The Bertz CT molecular complexity index is 2650. The van der Waals surface area contributed by atoms with Crippen LogP contribution in [0.25, 0.3) is 49.9 Å². The molecule has 0 N–H and O–H groups in total. The van der Waals surface area contributed by atoms with E-state index in [9.17, 15) is 0 Å². The summed E-state index contributed by atoms with van der Waals surface area (Å²) in [5.41, 5.74) is 9.53. The Morgan fingerprint density at radius 1 is 0.580 bits per heavy atom. The number of hydrogen-bond acceptors (Lipinski definition) is 3. The second-order valence-corrected chi connectivity index (χ2v) is 18.0. The molecule has 0 unspecified atom stereocenters. The average Bonchev–Trinajstić information content (AvgIpc) is 3.75. The summed E-state index contributed by atoms with van der Waals surface area (Å²) in [6.07, 6.45) is 1.92. The second-order valence-electron chi connectivity index (χ2n) is 13.6. The predicted octanol–water partition coefficient (Wildman–Crippen LogP) is 9.88. The number of para-hydroxylation sites is 3. The molecule has 0 saturated heterocycles. The molecule has 4 nitrogen and oxygen atoms in total. The topological polar surface area (TPSA) is 24.3 Å². The van der Waals surface area contributed by atoms with Crippen molar-refractivity contribution >= 4 is 57.3 Å². The van der Waals surface area contributed by atoms with Crippen LogP contribution in [0.4, 0.5) is 17.1 Å². The fraction of sp³-hybridized carbons (Fsp3) is 0.0889. The number of rotatable bonds is 6. The summed E-state index contributed by atoms with van der Waals surface area (Å²) in [4.78, 5) is 8.61. The monoisotopic (exact) mass is 665 g/mol. The number of nitrogens with zero attached hydrogens (tertiary/aromatic N) is 4. The van der Waals surface area contributed by atoms with Crippen LogP contribution in [-0.4, -0.2) is 31.3 Å². The molecular formula is C45H38N4Si. The summed E-state index contributed by atoms with van der Waals surface area (Å²) in [6.45, 7) is 2.83. The lowest BCUT2D eigenvalue weighted by Crippen LogP contribution is -2.53. The van der Waals surface area contributed by atoms with Gasteiger partial charge in [-0.25, -0.2) is 4.98 Å². The molecule has 242 valence electrons. The average molecular weight is 666 g/mol. The van der Waals surface area contributed by atoms with Gasteiger partial charge in [-0.2, -0.15) is 0 Å². The highest BCUT2D eigenvalue weighted by Gasteiger charge is 2.30. The van der Waals surface area contributed by atoms with Crippen LogP contribution in [-0.2, 0) is 0 Å². The molecule has 0 spiro atoms.